The van der Waals surface area contributed by atoms with Crippen molar-refractivity contribution in [2.75, 3.05) is 0 Å². The Morgan fingerprint density at radius 1 is 1.29 bits per heavy atom. The van der Waals surface area contributed by atoms with E-state index in [4.69, 9.17) is 0 Å². The minimum atomic E-state index is -0.169. The van der Waals surface area contributed by atoms with Crippen LogP contribution in [-0.4, -0.2) is 6.04 Å². The van der Waals surface area contributed by atoms with Gasteiger partial charge in [-0.25, -0.2) is 4.39 Å². The second-order valence-electron chi connectivity index (χ2n) is 5.38. The van der Waals surface area contributed by atoms with Crippen molar-refractivity contribution in [3.8, 4) is 0 Å². The molecule has 0 aliphatic heterocycles. The van der Waals surface area contributed by atoms with Gasteiger partial charge in [-0.05, 0) is 58.7 Å². The topological polar surface area (TPSA) is 12.0 Å². The second-order valence-corrected chi connectivity index (χ2v) is 6.17. The van der Waals surface area contributed by atoms with Crippen LogP contribution >= 0.6 is 15.9 Å². The first-order valence-electron chi connectivity index (χ1n) is 6.40. The van der Waals surface area contributed by atoms with Crippen LogP contribution in [0.2, 0.25) is 0 Å². The molecular formula is C14H17BrFN. The summed E-state index contributed by atoms with van der Waals surface area (Å²) in [5.41, 5.74) is 1.02. The fraction of sp³-hybridized carbons (Fsp3) is 0.571. The maximum atomic E-state index is 13.4. The molecule has 1 nitrogen and oxygen atoms in total. The van der Waals surface area contributed by atoms with E-state index in [2.05, 4.69) is 21.2 Å². The van der Waals surface area contributed by atoms with E-state index in [1.165, 1.54) is 31.7 Å². The molecule has 2 aliphatic rings. The molecule has 3 unspecified atom stereocenters. The quantitative estimate of drug-likeness (QED) is 0.893. The van der Waals surface area contributed by atoms with Crippen LogP contribution < -0.4 is 5.32 Å². The minimum Gasteiger partial charge on any atom is -0.310 e. The Labute approximate surface area is 110 Å². The van der Waals surface area contributed by atoms with Crippen molar-refractivity contribution in [3.05, 3.63) is 34.1 Å². The van der Waals surface area contributed by atoms with Crippen LogP contribution in [0.25, 0.3) is 0 Å². The molecule has 0 amide bonds. The zero-order chi connectivity index (χ0) is 11.8. The van der Waals surface area contributed by atoms with E-state index in [1.54, 1.807) is 6.07 Å². The van der Waals surface area contributed by atoms with Gasteiger partial charge in [-0.15, -0.1) is 0 Å². The normalized spacial score (nSPS) is 31.1. The summed E-state index contributed by atoms with van der Waals surface area (Å²) in [4.78, 5) is 0. The highest BCUT2D eigenvalue weighted by Crippen LogP contribution is 2.44. The molecule has 1 N–H and O–H groups in total. The lowest BCUT2D eigenvalue weighted by Gasteiger charge is -2.23. The summed E-state index contributed by atoms with van der Waals surface area (Å²) >= 11 is 3.32. The van der Waals surface area contributed by atoms with Gasteiger partial charge in [0.25, 0.3) is 0 Å². The predicted octanol–water partition coefficient (Wildman–Crippen LogP) is 3.87. The predicted molar refractivity (Wildman–Crippen MR) is 70.2 cm³/mol. The summed E-state index contributed by atoms with van der Waals surface area (Å²) in [5, 5.41) is 3.60. The molecule has 0 heterocycles. The van der Waals surface area contributed by atoms with Gasteiger partial charge in [-0.2, -0.15) is 0 Å². The van der Waals surface area contributed by atoms with Crippen molar-refractivity contribution in [1.29, 1.82) is 0 Å². The molecule has 0 radical (unpaired) electrons. The van der Waals surface area contributed by atoms with Gasteiger partial charge < -0.3 is 5.32 Å². The molecule has 2 aliphatic carbocycles. The first-order valence-corrected chi connectivity index (χ1v) is 7.19. The third-order valence-corrected chi connectivity index (χ3v) is 5.21. The van der Waals surface area contributed by atoms with E-state index in [0.717, 1.165) is 23.9 Å². The van der Waals surface area contributed by atoms with Crippen molar-refractivity contribution in [3.63, 3.8) is 0 Å². The average molecular weight is 298 g/mol. The summed E-state index contributed by atoms with van der Waals surface area (Å²) in [7, 11) is 0. The molecule has 1 aromatic rings. The fourth-order valence-electron chi connectivity index (χ4n) is 3.42. The van der Waals surface area contributed by atoms with E-state index >= 15 is 0 Å². The summed E-state index contributed by atoms with van der Waals surface area (Å²) in [6, 6.07) is 5.90. The van der Waals surface area contributed by atoms with Crippen LogP contribution in [0, 0.1) is 17.7 Å². The van der Waals surface area contributed by atoms with Gasteiger partial charge in [0.05, 0.1) is 4.47 Å². The van der Waals surface area contributed by atoms with Gasteiger partial charge >= 0.3 is 0 Å². The molecular weight excluding hydrogens is 281 g/mol. The van der Waals surface area contributed by atoms with Crippen LogP contribution in [0.15, 0.2) is 22.7 Å². The Bertz CT molecular complexity index is 421. The minimum absolute atomic E-state index is 0.169. The largest absolute Gasteiger partial charge is 0.310 e. The van der Waals surface area contributed by atoms with Gasteiger partial charge in [0.2, 0.25) is 0 Å². The van der Waals surface area contributed by atoms with E-state index in [9.17, 15) is 4.39 Å². The molecule has 17 heavy (non-hydrogen) atoms. The highest BCUT2D eigenvalue weighted by molar-refractivity contribution is 9.10. The molecule has 1 aromatic carbocycles. The molecule has 3 atom stereocenters. The van der Waals surface area contributed by atoms with Crippen LogP contribution in [0.1, 0.15) is 31.2 Å². The lowest BCUT2D eigenvalue weighted by atomic mass is 9.95. The Balaban J connectivity index is 1.62. The molecule has 2 saturated carbocycles. The van der Waals surface area contributed by atoms with Gasteiger partial charge in [0, 0.05) is 12.6 Å². The number of hydrogen-bond donors (Lipinski definition) is 1. The van der Waals surface area contributed by atoms with E-state index in [0.29, 0.717) is 10.5 Å². The number of fused-ring (bicyclic) bond motifs is 2. The standard InChI is InChI=1S/C14H17BrFN/c15-14-11(2-1-3-12(14)16)8-17-13-7-9-4-5-10(13)6-9/h1-3,9-10,13,17H,4-8H2. The Morgan fingerprint density at radius 2 is 2.18 bits per heavy atom. The lowest BCUT2D eigenvalue weighted by Crippen LogP contribution is -2.33. The highest BCUT2D eigenvalue weighted by atomic mass is 79.9. The van der Waals surface area contributed by atoms with Crippen LogP contribution in [-0.2, 0) is 6.54 Å². The van der Waals surface area contributed by atoms with Crippen molar-refractivity contribution >= 4 is 15.9 Å². The molecule has 0 spiro atoms. The number of nitrogens with one attached hydrogen (secondary N) is 1. The summed E-state index contributed by atoms with van der Waals surface area (Å²) in [5.74, 6) is 1.65. The first-order chi connectivity index (χ1) is 8.24. The number of rotatable bonds is 3. The Morgan fingerprint density at radius 3 is 2.88 bits per heavy atom. The lowest BCUT2D eigenvalue weighted by molar-refractivity contribution is 0.350. The molecule has 0 aromatic heterocycles. The van der Waals surface area contributed by atoms with Crippen LogP contribution in [0.4, 0.5) is 4.39 Å². The maximum absolute atomic E-state index is 13.4. The third-order valence-electron chi connectivity index (χ3n) is 4.32. The second kappa shape index (κ2) is 4.69. The van der Waals surface area contributed by atoms with Crippen molar-refractivity contribution in [2.45, 2.75) is 38.3 Å². The monoisotopic (exact) mass is 297 g/mol. The fourth-order valence-corrected chi connectivity index (χ4v) is 3.83. The first kappa shape index (κ1) is 11.7. The van der Waals surface area contributed by atoms with Gasteiger partial charge in [-0.1, -0.05) is 18.6 Å². The molecule has 92 valence electrons. The Hall–Kier alpha value is -0.410. The summed E-state index contributed by atoms with van der Waals surface area (Å²) < 4.78 is 14.0. The number of benzene rings is 1. The number of halogens is 2. The molecule has 0 saturated heterocycles. The molecule has 2 fully saturated rings. The summed E-state index contributed by atoms with van der Waals surface area (Å²) in [6.07, 6.45) is 5.53. The molecule has 3 rings (SSSR count). The highest BCUT2D eigenvalue weighted by Gasteiger charge is 2.38. The van der Waals surface area contributed by atoms with Crippen molar-refractivity contribution in [1.82, 2.24) is 5.32 Å². The van der Waals surface area contributed by atoms with E-state index in [1.807, 2.05) is 6.07 Å². The smallest absolute Gasteiger partial charge is 0.137 e. The van der Waals surface area contributed by atoms with E-state index in [-0.39, 0.29) is 5.82 Å². The van der Waals surface area contributed by atoms with Crippen LogP contribution in [0.5, 0.6) is 0 Å². The zero-order valence-corrected chi connectivity index (χ0v) is 11.3. The van der Waals surface area contributed by atoms with Gasteiger partial charge in [0.1, 0.15) is 5.82 Å². The van der Waals surface area contributed by atoms with Gasteiger partial charge in [0.15, 0.2) is 0 Å². The van der Waals surface area contributed by atoms with E-state index < -0.39 is 0 Å². The number of hydrogen-bond acceptors (Lipinski definition) is 1. The SMILES string of the molecule is Fc1cccc(CNC2CC3CCC2C3)c1Br. The average Bonchev–Trinajstić information content (AvgIpc) is 2.93. The van der Waals surface area contributed by atoms with Crippen molar-refractivity contribution in [2.24, 2.45) is 11.8 Å². The Kier molecular flexibility index (Phi) is 3.22. The van der Waals surface area contributed by atoms with Crippen molar-refractivity contribution < 1.29 is 4.39 Å². The van der Waals surface area contributed by atoms with Gasteiger partial charge in [-0.3, -0.25) is 0 Å². The third kappa shape index (κ3) is 2.27. The van der Waals surface area contributed by atoms with Crippen LogP contribution in [0.3, 0.4) is 0 Å². The summed E-state index contributed by atoms with van der Waals surface area (Å²) in [6.45, 7) is 0.770. The zero-order valence-electron chi connectivity index (χ0n) is 9.76. The molecule has 2 bridgehead atoms. The molecule has 3 heteroatoms. The maximum Gasteiger partial charge on any atom is 0.137 e.